The Kier molecular flexibility index (Phi) is 4.81. The predicted molar refractivity (Wildman–Crippen MR) is 77.1 cm³/mol. The van der Waals surface area contributed by atoms with Crippen LogP contribution in [0.5, 0.6) is 0 Å². The maximum atomic E-state index is 3.77. The average Bonchev–Trinajstić information content (AvgIpc) is 2.38. The maximum Gasteiger partial charge on any atom is 0.0320 e. The summed E-state index contributed by atoms with van der Waals surface area (Å²) in [4.78, 5) is 0. The SMILES string of the molecule is CCC(NC1CC=CCC1)c1ccc(Br)cc1. The standard InChI is InChI=1S/C15H20BrN/c1-2-15(12-8-10-13(16)11-9-12)17-14-6-4-3-5-7-14/h3-4,8-11,14-15,17H,2,5-7H2,1H3. The van der Waals surface area contributed by atoms with Gasteiger partial charge in [-0.05, 0) is 43.4 Å². The van der Waals surface area contributed by atoms with E-state index in [4.69, 9.17) is 0 Å². The summed E-state index contributed by atoms with van der Waals surface area (Å²) in [5.41, 5.74) is 1.39. The van der Waals surface area contributed by atoms with Crippen LogP contribution < -0.4 is 5.32 Å². The van der Waals surface area contributed by atoms with E-state index in [1.807, 2.05) is 0 Å². The first-order valence-corrected chi connectivity index (χ1v) is 7.25. The van der Waals surface area contributed by atoms with Crippen molar-refractivity contribution in [2.75, 3.05) is 0 Å². The predicted octanol–water partition coefficient (Wildman–Crippen LogP) is 4.60. The van der Waals surface area contributed by atoms with Crippen LogP contribution >= 0.6 is 15.9 Å². The largest absolute Gasteiger partial charge is 0.307 e. The van der Waals surface area contributed by atoms with Crippen molar-refractivity contribution < 1.29 is 0 Å². The van der Waals surface area contributed by atoms with Gasteiger partial charge in [0, 0.05) is 16.6 Å². The van der Waals surface area contributed by atoms with Gasteiger partial charge in [-0.25, -0.2) is 0 Å². The van der Waals surface area contributed by atoms with Crippen LogP contribution in [0.3, 0.4) is 0 Å². The summed E-state index contributed by atoms with van der Waals surface area (Å²) in [6, 6.07) is 9.81. The molecule has 0 spiro atoms. The molecule has 2 unspecified atom stereocenters. The third-order valence-electron chi connectivity index (χ3n) is 3.39. The molecule has 0 bridgehead atoms. The maximum absolute atomic E-state index is 3.77. The first-order valence-electron chi connectivity index (χ1n) is 6.46. The minimum atomic E-state index is 0.486. The summed E-state index contributed by atoms with van der Waals surface area (Å²) in [5, 5.41) is 3.77. The number of benzene rings is 1. The fourth-order valence-electron chi connectivity index (χ4n) is 2.37. The lowest BCUT2D eigenvalue weighted by Gasteiger charge is -2.26. The summed E-state index contributed by atoms with van der Waals surface area (Å²) >= 11 is 3.49. The van der Waals surface area contributed by atoms with Crippen molar-refractivity contribution in [3.05, 3.63) is 46.5 Å². The van der Waals surface area contributed by atoms with Crippen molar-refractivity contribution in [2.45, 2.75) is 44.7 Å². The van der Waals surface area contributed by atoms with Crippen LogP contribution in [0.4, 0.5) is 0 Å². The highest BCUT2D eigenvalue weighted by Gasteiger charge is 2.15. The number of allylic oxidation sites excluding steroid dienone is 1. The summed E-state index contributed by atoms with van der Waals surface area (Å²) < 4.78 is 1.15. The van der Waals surface area contributed by atoms with Crippen LogP contribution in [-0.2, 0) is 0 Å². The lowest BCUT2D eigenvalue weighted by Crippen LogP contribution is -2.33. The van der Waals surface area contributed by atoms with Gasteiger partial charge in [0.15, 0.2) is 0 Å². The van der Waals surface area contributed by atoms with Gasteiger partial charge in [0.1, 0.15) is 0 Å². The molecule has 2 rings (SSSR count). The number of hydrogen-bond acceptors (Lipinski definition) is 1. The normalized spacial score (nSPS) is 21.4. The second-order valence-electron chi connectivity index (χ2n) is 4.66. The number of rotatable bonds is 4. The number of halogens is 1. The van der Waals surface area contributed by atoms with E-state index in [2.05, 4.69) is 64.6 Å². The minimum absolute atomic E-state index is 0.486. The van der Waals surface area contributed by atoms with Gasteiger partial charge in [0.25, 0.3) is 0 Å². The Morgan fingerprint density at radius 1 is 1.29 bits per heavy atom. The molecule has 1 N–H and O–H groups in total. The molecule has 0 aliphatic heterocycles. The Labute approximate surface area is 112 Å². The second kappa shape index (κ2) is 6.36. The molecule has 92 valence electrons. The molecule has 0 saturated heterocycles. The fraction of sp³-hybridized carbons (Fsp3) is 0.467. The van der Waals surface area contributed by atoms with Crippen molar-refractivity contribution in [3.8, 4) is 0 Å². The van der Waals surface area contributed by atoms with Crippen molar-refractivity contribution >= 4 is 15.9 Å². The zero-order valence-corrected chi connectivity index (χ0v) is 11.9. The molecule has 1 aromatic carbocycles. The molecule has 1 aromatic rings. The first-order chi connectivity index (χ1) is 8.29. The summed E-state index contributed by atoms with van der Waals surface area (Å²) in [6.45, 7) is 2.25. The van der Waals surface area contributed by atoms with E-state index in [0.717, 1.165) is 10.9 Å². The third-order valence-corrected chi connectivity index (χ3v) is 3.92. The Bertz CT molecular complexity index is 369. The number of nitrogens with one attached hydrogen (secondary N) is 1. The van der Waals surface area contributed by atoms with Crippen molar-refractivity contribution in [3.63, 3.8) is 0 Å². The topological polar surface area (TPSA) is 12.0 Å². The average molecular weight is 294 g/mol. The Balaban J connectivity index is 2.00. The Morgan fingerprint density at radius 2 is 2.06 bits per heavy atom. The van der Waals surface area contributed by atoms with E-state index in [1.54, 1.807) is 0 Å². The minimum Gasteiger partial charge on any atom is -0.307 e. The van der Waals surface area contributed by atoms with Crippen LogP contribution in [0.2, 0.25) is 0 Å². The van der Waals surface area contributed by atoms with Gasteiger partial charge in [-0.15, -0.1) is 0 Å². The van der Waals surface area contributed by atoms with Gasteiger partial charge < -0.3 is 5.32 Å². The van der Waals surface area contributed by atoms with Crippen molar-refractivity contribution in [1.29, 1.82) is 0 Å². The van der Waals surface area contributed by atoms with E-state index in [0.29, 0.717) is 12.1 Å². The molecule has 17 heavy (non-hydrogen) atoms. The third kappa shape index (κ3) is 3.68. The van der Waals surface area contributed by atoms with Gasteiger partial charge >= 0.3 is 0 Å². The molecule has 0 heterocycles. The number of hydrogen-bond donors (Lipinski definition) is 1. The Hall–Kier alpha value is -0.600. The van der Waals surface area contributed by atoms with E-state index >= 15 is 0 Å². The fourth-order valence-corrected chi connectivity index (χ4v) is 2.64. The smallest absolute Gasteiger partial charge is 0.0320 e. The van der Waals surface area contributed by atoms with Crippen LogP contribution in [-0.4, -0.2) is 6.04 Å². The Morgan fingerprint density at radius 3 is 2.65 bits per heavy atom. The highest BCUT2D eigenvalue weighted by Crippen LogP contribution is 2.22. The highest BCUT2D eigenvalue weighted by molar-refractivity contribution is 9.10. The quantitative estimate of drug-likeness (QED) is 0.800. The zero-order valence-electron chi connectivity index (χ0n) is 10.3. The molecule has 0 radical (unpaired) electrons. The van der Waals surface area contributed by atoms with Gasteiger partial charge in [0.2, 0.25) is 0 Å². The van der Waals surface area contributed by atoms with Crippen LogP contribution in [0.15, 0.2) is 40.9 Å². The van der Waals surface area contributed by atoms with E-state index < -0.39 is 0 Å². The van der Waals surface area contributed by atoms with E-state index in [-0.39, 0.29) is 0 Å². The van der Waals surface area contributed by atoms with E-state index in [1.165, 1.54) is 24.8 Å². The second-order valence-corrected chi connectivity index (χ2v) is 5.58. The molecule has 1 nitrogen and oxygen atoms in total. The van der Waals surface area contributed by atoms with Crippen LogP contribution in [0.25, 0.3) is 0 Å². The van der Waals surface area contributed by atoms with Crippen molar-refractivity contribution in [2.24, 2.45) is 0 Å². The van der Waals surface area contributed by atoms with Gasteiger partial charge in [-0.3, -0.25) is 0 Å². The molecule has 1 aliphatic carbocycles. The molecule has 0 saturated carbocycles. The summed E-state index contributed by atoms with van der Waals surface area (Å²) in [6.07, 6.45) is 9.39. The lowest BCUT2D eigenvalue weighted by molar-refractivity contribution is 0.402. The van der Waals surface area contributed by atoms with Gasteiger partial charge in [-0.1, -0.05) is 47.1 Å². The molecule has 1 aliphatic rings. The summed E-state index contributed by atoms with van der Waals surface area (Å²) in [7, 11) is 0. The van der Waals surface area contributed by atoms with E-state index in [9.17, 15) is 0 Å². The van der Waals surface area contributed by atoms with Gasteiger partial charge in [0.05, 0.1) is 0 Å². The molecule has 2 atom stereocenters. The molecular formula is C15H20BrN. The van der Waals surface area contributed by atoms with Crippen molar-refractivity contribution in [1.82, 2.24) is 5.32 Å². The lowest BCUT2D eigenvalue weighted by atomic mass is 9.98. The molecule has 0 fully saturated rings. The monoisotopic (exact) mass is 293 g/mol. The van der Waals surface area contributed by atoms with Crippen LogP contribution in [0, 0.1) is 0 Å². The summed E-state index contributed by atoms with van der Waals surface area (Å²) in [5.74, 6) is 0. The van der Waals surface area contributed by atoms with Crippen LogP contribution in [0.1, 0.15) is 44.2 Å². The molecule has 0 aromatic heterocycles. The highest BCUT2D eigenvalue weighted by atomic mass is 79.9. The van der Waals surface area contributed by atoms with Gasteiger partial charge in [-0.2, -0.15) is 0 Å². The molecular weight excluding hydrogens is 274 g/mol. The zero-order chi connectivity index (χ0) is 12.1. The molecule has 0 amide bonds. The molecule has 2 heteroatoms. The first kappa shape index (κ1) is 12.8.